The predicted molar refractivity (Wildman–Crippen MR) is 129 cm³/mol. The first kappa shape index (κ1) is 18.9. The molecule has 4 nitrogen and oxygen atoms in total. The predicted octanol–water partition coefficient (Wildman–Crippen LogP) is 7.43. The molecule has 2 atom stereocenters. The zero-order chi connectivity index (χ0) is 20.9. The van der Waals surface area contributed by atoms with E-state index in [-0.39, 0.29) is 6.04 Å². The van der Waals surface area contributed by atoms with Crippen LogP contribution in [0.1, 0.15) is 26.2 Å². The van der Waals surface area contributed by atoms with Crippen LogP contribution in [0.5, 0.6) is 0 Å². The first-order chi connectivity index (χ1) is 15.2. The van der Waals surface area contributed by atoms with Crippen molar-refractivity contribution in [2.75, 3.05) is 4.67 Å². The molecule has 0 amide bonds. The molecule has 1 fully saturated rings. The number of aliphatic hydroxyl groups excluding tert-OH is 1. The molecular formula is C26H24NO3P. The molecule has 1 aliphatic heterocycles. The summed E-state index contributed by atoms with van der Waals surface area (Å²) in [6.45, 7) is 2.14. The minimum absolute atomic E-state index is 0.195. The molecule has 1 aliphatic rings. The lowest BCUT2D eigenvalue weighted by Crippen LogP contribution is -2.43. The molecule has 2 unspecified atom stereocenters. The van der Waals surface area contributed by atoms with Crippen LogP contribution in [0.15, 0.2) is 81.2 Å². The number of hydrogen-bond donors (Lipinski definition) is 1. The maximum Gasteiger partial charge on any atom is 0.312 e. The van der Waals surface area contributed by atoms with Gasteiger partial charge in [-0.05, 0) is 59.9 Å². The fourth-order valence-corrected chi connectivity index (χ4v) is 6.51. The monoisotopic (exact) mass is 429 g/mol. The van der Waals surface area contributed by atoms with Gasteiger partial charge in [-0.2, -0.15) is 4.67 Å². The minimum atomic E-state index is -1.50. The van der Waals surface area contributed by atoms with Crippen molar-refractivity contribution in [3.63, 3.8) is 0 Å². The van der Waals surface area contributed by atoms with E-state index in [1.165, 1.54) is 10.8 Å². The lowest BCUT2D eigenvalue weighted by Gasteiger charge is -2.34. The Morgan fingerprint density at radius 1 is 0.774 bits per heavy atom. The summed E-state index contributed by atoms with van der Waals surface area (Å²) in [6, 6.07) is 25.3. The molecule has 0 aliphatic carbocycles. The van der Waals surface area contributed by atoms with Crippen molar-refractivity contribution < 1.29 is 13.5 Å². The van der Waals surface area contributed by atoms with Crippen LogP contribution in [0.25, 0.3) is 43.5 Å². The summed E-state index contributed by atoms with van der Waals surface area (Å²) in [7, 11) is -1.50. The Labute approximate surface area is 181 Å². The molecule has 0 spiro atoms. The number of rotatable bonds is 1. The average Bonchev–Trinajstić information content (AvgIpc) is 2.96. The van der Waals surface area contributed by atoms with Gasteiger partial charge in [0.05, 0.1) is 0 Å². The number of piperidine rings is 1. The smallest absolute Gasteiger partial charge is 0.312 e. The lowest BCUT2D eigenvalue weighted by molar-refractivity contribution is 0.132. The zero-order valence-corrected chi connectivity index (χ0v) is 18.3. The van der Waals surface area contributed by atoms with Gasteiger partial charge >= 0.3 is 8.16 Å². The molecule has 6 rings (SSSR count). The number of fused-ring (bicyclic) bond motifs is 7. The van der Waals surface area contributed by atoms with E-state index < -0.39 is 14.4 Å². The van der Waals surface area contributed by atoms with Gasteiger partial charge in [-0.25, -0.2) is 0 Å². The van der Waals surface area contributed by atoms with E-state index in [1.54, 1.807) is 0 Å². The molecule has 156 valence electrons. The van der Waals surface area contributed by atoms with Gasteiger partial charge in [-0.3, -0.25) is 0 Å². The Morgan fingerprint density at radius 2 is 1.32 bits per heavy atom. The van der Waals surface area contributed by atoms with Crippen LogP contribution in [-0.2, 0) is 0 Å². The standard InChI is InChI=1S/C26H24NO3P/c1-17-7-6-12-24(28)27(17)31-29-22-15-13-18-8-2-4-10-20(18)25(22)26-21-11-5-3-9-19(21)14-16-23(26)30-31/h2-5,8-11,13-17,24,28H,6-7,12H2,1H3. The molecule has 0 radical (unpaired) electrons. The van der Waals surface area contributed by atoms with E-state index in [0.717, 1.165) is 52.0 Å². The highest BCUT2D eigenvalue weighted by atomic mass is 31.1. The van der Waals surface area contributed by atoms with Crippen molar-refractivity contribution in [3.8, 4) is 0 Å². The van der Waals surface area contributed by atoms with Crippen LogP contribution >= 0.6 is 8.16 Å². The Kier molecular flexibility index (Phi) is 4.53. The van der Waals surface area contributed by atoms with Crippen LogP contribution in [-0.4, -0.2) is 17.4 Å². The molecule has 2 heterocycles. The number of benzene rings is 4. The Hall–Kier alpha value is -2.78. The lowest BCUT2D eigenvalue weighted by atomic mass is 9.99. The zero-order valence-electron chi connectivity index (χ0n) is 17.4. The normalized spacial score (nSPS) is 20.1. The fraction of sp³-hybridized carbons (Fsp3) is 0.231. The highest BCUT2D eigenvalue weighted by Crippen LogP contribution is 2.44. The Bertz CT molecular complexity index is 1370. The van der Waals surface area contributed by atoms with Gasteiger partial charge in [0.25, 0.3) is 0 Å². The minimum Gasteiger partial charge on any atom is -0.408 e. The topological polar surface area (TPSA) is 49.8 Å². The largest absolute Gasteiger partial charge is 0.408 e. The van der Waals surface area contributed by atoms with Gasteiger partial charge in [0.15, 0.2) is 0 Å². The molecule has 1 aromatic heterocycles. The quantitative estimate of drug-likeness (QED) is 0.301. The van der Waals surface area contributed by atoms with E-state index >= 15 is 0 Å². The average molecular weight is 429 g/mol. The van der Waals surface area contributed by atoms with Crippen molar-refractivity contribution in [1.82, 2.24) is 0 Å². The van der Waals surface area contributed by atoms with Gasteiger partial charge in [-0.1, -0.05) is 60.7 Å². The van der Waals surface area contributed by atoms with E-state index in [9.17, 15) is 5.11 Å². The van der Waals surface area contributed by atoms with Crippen LogP contribution in [0.4, 0.5) is 0 Å². The van der Waals surface area contributed by atoms with Crippen LogP contribution in [0, 0.1) is 0 Å². The van der Waals surface area contributed by atoms with Crippen LogP contribution in [0.3, 0.4) is 0 Å². The summed E-state index contributed by atoms with van der Waals surface area (Å²) in [5.41, 5.74) is 1.62. The van der Waals surface area contributed by atoms with Crippen LogP contribution < -0.4 is 4.67 Å². The summed E-state index contributed by atoms with van der Waals surface area (Å²) < 4.78 is 15.2. The van der Waals surface area contributed by atoms with Gasteiger partial charge in [0.2, 0.25) is 0 Å². The Balaban J connectivity index is 1.83. The first-order valence-electron chi connectivity index (χ1n) is 10.9. The number of hydrogen-bond acceptors (Lipinski definition) is 4. The summed E-state index contributed by atoms with van der Waals surface area (Å²) in [4.78, 5) is 0. The molecule has 5 aromatic rings. The Morgan fingerprint density at radius 3 is 1.87 bits per heavy atom. The van der Waals surface area contributed by atoms with Crippen molar-refractivity contribution >= 4 is 51.6 Å². The molecule has 31 heavy (non-hydrogen) atoms. The molecule has 1 N–H and O–H groups in total. The van der Waals surface area contributed by atoms with Crippen molar-refractivity contribution in [2.45, 2.75) is 38.5 Å². The molecule has 0 bridgehead atoms. The molecule has 4 aromatic carbocycles. The maximum absolute atomic E-state index is 10.8. The van der Waals surface area contributed by atoms with E-state index in [4.69, 9.17) is 8.39 Å². The van der Waals surface area contributed by atoms with Gasteiger partial charge < -0.3 is 13.5 Å². The van der Waals surface area contributed by atoms with Gasteiger partial charge in [0.1, 0.15) is 17.4 Å². The maximum atomic E-state index is 10.8. The third kappa shape index (κ3) is 3.06. The molecule has 1 saturated heterocycles. The molecular weight excluding hydrogens is 405 g/mol. The second-order valence-electron chi connectivity index (χ2n) is 8.38. The van der Waals surface area contributed by atoms with Crippen molar-refractivity contribution in [3.05, 3.63) is 72.8 Å². The van der Waals surface area contributed by atoms with Crippen molar-refractivity contribution in [2.24, 2.45) is 0 Å². The third-order valence-corrected chi connectivity index (χ3v) is 8.16. The summed E-state index contributed by atoms with van der Waals surface area (Å²) in [6.07, 6.45) is 2.23. The van der Waals surface area contributed by atoms with E-state index in [1.807, 2.05) is 16.8 Å². The van der Waals surface area contributed by atoms with E-state index in [2.05, 4.69) is 67.6 Å². The molecule has 5 heteroatoms. The second-order valence-corrected chi connectivity index (χ2v) is 9.68. The first-order valence-corrected chi connectivity index (χ1v) is 12.0. The molecule has 0 saturated carbocycles. The van der Waals surface area contributed by atoms with Crippen LogP contribution in [0.2, 0.25) is 0 Å². The SMILES string of the molecule is CC1CCCC(O)N1p1oc2ccc3ccccc3c2c2c(ccc3ccccc32)o1. The fourth-order valence-electron chi connectivity index (χ4n) is 4.88. The highest BCUT2D eigenvalue weighted by Gasteiger charge is 2.31. The summed E-state index contributed by atoms with van der Waals surface area (Å²) in [5.74, 6) is 0. The van der Waals surface area contributed by atoms with Gasteiger partial charge in [0, 0.05) is 16.8 Å². The number of aliphatic hydroxyl groups is 1. The third-order valence-electron chi connectivity index (χ3n) is 6.41. The van der Waals surface area contributed by atoms with E-state index in [0.29, 0.717) is 0 Å². The van der Waals surface area contributed by atoms with Gasteiger partial charge in [-0.15, -0.1) is 0 Å². The van der Waals surface area contributed by atoms with Crippen molar-refractivity contribution in [1.29, 1.82) is 0 Å². The highest BCUT2D eigenvalue weighted by molar-refractivity contribution is 7.39. The summed E-state index contributed by atoms with van der Waals surface area (Å²) >= 11 is 0. The number of nitrogens with zero attached hydrogens (tertiary/aromatic N) is 1. The summed E-state index contributed by atoms with van der Waals surface area (Å²) in [5, 5.41) is 17.6. The second kappa shape index (κ2) is 7.42.